The van der Waals surface area contributed by atoms with Crippen LogP contribution in [0.5, 0.6) is 0 Å². The molecule has 0 aliphatic rings. The van der Waals surface area contributed by atoms with Crippen LogP contribution in [-0.4, -0.2) is 16.8 Å². The van der Waals surface area contributed by atoms with E-state index in [1.807, 2.05) is 13.2 Å². The zero-order chi connectivity index (χ0) is 13.4. The number of rotatable bonds is 9. The van der Waals surface area contributed by atoms with E-state index in [9.17, 15) is 0 Å². The molecule has 0 aliphatic carbocycles. The normalized spacial score (nSPS) is 12.9. The largest absolute Gasteiger partial charge is 0.312 e. The molecule has 0 aromatic carbocycles. The van der Waals surface area contributed by atoms with Gasteiger partial charge in [0.1, 0.15) is 0 Å². The second-order valence-corrected chi connectivity index (χ2v) is 5.65. The molecular formula is C14H26BrN3. The van der Waals surface area contributed by atoms with Crippen molar-refractivity contribution in [1.29, 1.82) is 0 Å². The Balaban J connectivity index is 2.65. The van der Waals surface area contributed by atoms with Gasteiger partial charge in [-0.25, -0.2) is 0 Å². The minimum absolute atomic E-state index is 0.408. The molecule has 0 fully saturated rings. The van der Waals surface area contributed by atoms with Gasteiger partial charge in [0.25, 0.3) is 0 Å². The van der Waals surface area contributed by atoms with Crippen LogP contribution in [-0.2, 0) is 6.54 Å². The molecule has 4 heteroatoms. The van der Waals surface area contributed by atoms with Crippen molar-refractivity contribution in [2.45, 2.75) is 65.0 Å². The summed E-state index contributed by atoms with van der Waals surface area (Å²) < 4.78 is 3.26. The van der Waals surface area contributed by atoms with Gasteiger partial charge >= 0.3 is 0 Å². The summed E-state index contributed by atoms with van der Waals surface area (Å²) >= 11 is 3.63. The number of hydrogen-bond donors (Lipinski definition) is 1. The molecule has 0 spiro atoms. The van der Waals surface area contributed by atoms with Crippen LogP contribution in [0.2, 0.25) is 0 Å². The summed E-state index contributed by atoms with van der Waals surface area (Å²) in [6.45, 7) is 5.44. The van der Waals surface area contributed by atoms with E-state index in [1.165, 1.54) is 37.8 Å². The van der Waals surface area contributed by atoms with Gasteiger partial charge in [0.05, 0.1) is 22.4 Å². The van der Waals surface area contributed by atoms with Crippen LogP contribution in [0.25, 0.3) is 0 Å². The van der Waals surface area contributed by atoms with Crippen molar-refractivity contribution in [1.82, 2.24) is 15.1 Å². The third-order valence-corrected chi connectivity index (χ3v) is 3.90. The van der Waals surface area contributed by atoms with Gasteiger partial charge in [0.2, 0.25) is 0 Å². The Bertz CT molecular complexity index is 336. The monoisotopic (exact) mass is 315 g/mol. The Morgan fingerprint density at radius 2 is 2.06 bits per heavy atom. The molecule has 104 valence electrons. The lowest BCUT2D eigenvalue weighted by molar-refractivity contribution is 0.454. The van der Waals surface area contributed by atoms with Crippen LogP contribution in [0.4, 0.5) is 0 Å². The maximum atomic E-state index is 4.45. The minimum Gasteiger partial charge on any atom is -0.312 e. The topological polar surface area (TPSA) is 29.9 Å². The number of aryl methyl sites for hydroxylation is 1. The molecule has 3 nitrogen and oxygen atoms in total. The fourth-order valence-electron chi connectivity index (χ4n) is 2.30. The van der Waals surface area contributed by atoms with Gasteiger partial charge in [-0.15, -0.1) is 0 Å². The van der Waals surface area contributed by atoms with Crippen molar-refractivity contribution in [2.75, 3.05) is 7.05 Å². The lowest BCUT2D eigenvalue weighted by Gasteiger charge is -2.18. The van der Waals surface area contributed by atoms with Crippen molar-refractivity contribution in [3.63, 3.8) is 0 Å². The predicted molar refractivity (Wildman–Crippen MR) is 80.8 cm³/mol. The molecule has 0 bridgehead atoms. The highest BCUT2D eigenvalue weighted by Gasteiger charge is 2.17. The molecule has 0 saturated carbocycles. The van der Waals surface area contributed by atoms with E-state index in [4.69, 9.17) is 0 Å². The number of nitrogens with one attached hydrogen (secondary N) is 1. The zero-order valence-corrected chi connectivity index (χ0v) is 13.5. The van der Waals surface area contributed by atoms with Gasteiger partial charge in [-0.2, -0.15) is 5.10 Å². The summed E-state index contributed by atoms with van der Waals surface area (Å²) in [4.78, 5) is 0. The highest BCUT2D eigenvalue weighted by Crippen LogP contribution is 2.27. The van der Waals surface area contributed by atoms with E-state index >= 15 is 0 Å². The van der Waals surface area contributed by atoms with Crippen LogP contribution in [0.3, 0.4) is 0 Å². The maximum absolute atomic E-state index is 4.45. The van der Waals surface area contributed by atoms with E-state index < -0.39 is 0 Å². The first-order chi connectivity index (χ1) is 8.74. The lowest BCUT2D eigenvalue weighted by Crippen LogP contribution is -2.21. The summed E-state index contributed by atoms with van der Waals surface area (Å²) in [5, 5.41) is 7.88. The fourth-order valence-corrected chi connectivity index (χ4v) is 2.87. The summed E-state index contributed by atoms with van der Waals surface area (Å²) in [6, 6.07) is 0.408. The highest BCUT2D eigenvalue weighted by molar-refractivity contribution is 9.10. The van der Waals surface area contributed by atoms with E-state index in [2.05, 4.69) is 44.9 Å². The number of hydrogen-bond acceptors (Lipinski definition) is 2. The SMILES string of the molecule is CCCCCCC(NC)c1c(Br)cnn1CCC. The summed E-state index contributed by atoms with van der Waals surface area (Å²) in [5.41, 5.74) is 1.30. The molecule has 18 heavy (non-hydrogen) atoms. The summed E-state index contributed by atoms with van der Waals surface area (Å²) in [5.74, 6) is 0. The van der Waals surface area contributed by atoms with Crippen molar-refractivity contribution in [2.24, 2.45) is 0 Å². The highest BCUT2D eigenvalue weighted by atomic mass is 79.9. The smallest absolute Gasteiger partial charge is 0.0695 e. The molecule has 1 heterocycles. The van der Waals surface area contributed by atoms with Crippen molar-refractivity contribution in [3.05, 3.63) is 16.4 Å². The first kappa shape index (κ1) is 15.7. The molecule has 1 atom stereocenters. The Labute approximate surface area is 119 Å². The minimum atomic E-state index is 0.408. The van der Waals surface area contributed by atoms with Gasteiger partial charge in [-0.1, -0.05) is 39.5 Å². The lowest BCUT2D eigenvalue weighted by atomic mass is 10.0. The summed E-state index contributed by atoms with van der Waals surface area (Å²) in [6.07, 6.45) is 9.46. The molecule has 1 N–H and O–H groups in total. The Morgan fingerprint density at radius 1 is 1.28 bits per heavy atom. The van der Waals surface area contributed by atoms with Crippen LogP contribution in [0.15, 0.2) is 10.7 Å². The molecule has 0 saturated heterocycles. The second kappa shape index (κ2) is 8.70. The average Bonchev–Trinajstić information content (AvgIpc) is 2.72. The van der Waals surface area contributed by atoms with E-state index in [0.717, 1.165) is 17.4 Å². The van der Waals surface area contributed by atoms with Crippen LogP contribution in [0.1, 0.15) is 64.1 Å². The van der Waals surface area contributed by atoms with E-state index in [-0.39, 0.29) is 0 Å². The number of unbranched alkanes of at least 4 members (excludes halogenated alkanes) is 3. The average molecular weight is 316 g/mol. The second-order valence-electron chi connectivity index (χ2n) is 4.79. The first-order valence-electron chi connectivity index (χ1n) is 7.13. The Hall–Kier alpha value is -0.350. The maximum Gasteiger partial charge on any atom is 0.0695 e. The van der Waals surface area contributed by atoms with Gasteiger partial charge in [0.15, 0.2) is 0 Å². The Morgan fingerprint density at radius 3 is 2.67 bits per heavy atom. The third kappa shape index (κ3) is 4.39. The van der Waals surface area contributed by atoms with Gasteiger partial charge < -0.3 is 5.32 Å². The first-order valence-corrected chi connectivity index (χ1v) is 7.92. The van der Waals surface area contributed by atoms with Gasteiger partial charge in [-0.3, -0.25) is 4.68 Å². The molecule has 1 aromatic rings. The van der Waals surface area contributed by atoms with Gasteiger partial charge in [0, 0.05) is 6.54 Å². The Kier molecular flexibility index (Phi) is 7.59. The van der Waals surface area contributed by atoms with Crippen LogP contribution in [0, 0.1) is 0 Å². The van der Waals surface area contributed by atoms with Crippen molar-refractivity contribution < 1.29 is 0 Å². The summed E-state index contributed by atoms with van der Waals surface area (Å²) in [7, 11) is 2.04. The molecule has 0 amide bonds. The quantitative estimate of drug-likeness (QED) is 0.689. The molecule has 0 aliphatic heterocycles. The van der Waals surface area contributed by atoms with Gasteiger partial charge in [-0.05, 0) is 35.8 Å². The van der Waals surface area contributed by atoms with Crippen LogP contribution < -0.4 is 5.32 Å². The van der Waals surface area contributed by atoms with Crippen molar-refractivity contribution in [3.8, 4) is 0 Å². The van der Waals surface area contributed by atoms with Crippen LogP contribution >= 0.6 is 15.9 Å². The predicted octanol–water partition coefficient (Wildman–Crippen LogP) is 4.29. The molecule has 1 rings (SSSR count). The number of aromatic nitrogens is 2. The fraction of sp³-hybridized carbons (Fsp3) is 0.786. The standard InChI is InChI=1S/C14H26BrN3/c1-4-6-7-8-9-13(16-3)14-12(15)11-17-18(14)10-5-2/h11,13,16H,4-10H2,1-3H3. The third-order valence-electron chi connectivity index (χ3n) is 3.29. The molecule has 1 aromatic heterocycles. The van der Waals surface area contributed by atoms with E-state index in [1.54, 1.807) is 0 Å². The molecular weight excluding hydrogens is 290 g/mol. The van der Waals surface area contributed by atoms with E-state index in [0.29, 0.717) is 6.04 Å². The molecule has 1 unspecified atom stereocenters. The number of halogens is 1. The van der Waals surface area contributed by atoms with Crippen molar-refractivity contribution >= 4 is 15.9 Å². The zero-order valence-electron chi connectivity index (χ0n) is 11.9. The number of nitrogens with zero attached hydrogens (tertiary/aromatic N) is 2. The molecule has 0 radical (unpaired) electrons.